The number of hydrogen-bond acceptors (Lipinski definition) is 3. The molecule has 1 aliphatic heterocycles. The summed E-state index contributed by atoms with van der Waals surface area (Å²) in [6.07, 6.45) is 0.909. The van der Waals surface area contributed by atoms with Crippen molar-refractivity contribution >= 4 is 11.5 Å². The molecule has 0 aromatic heterocycles. The third-order valence-electron chi connectivity index (χ3n) is 7.24. The Morgan fingerprint density at radius 2 is 1.88 bits per heavy atom. The first-order chi connectivity index (χ1) is 15.8. The van der Waals surface area contributed by atoms with Crippen LogP contribution in [-0.4, -0.2) is 17.1 Å². The number of fused-ring (bicyclic) bond motifs is 2. The Morgan fingerprint density at radius 3 is 2.61 bits per heavy atom. The van der Waals surface area contributed by atoms with E-state index in [9.17, 15) is 18.0 Å². The lowest BCUT2D eigenvalue weighted by Gasteiger charge is -2.19. The van der Waals surface area contributed by atoms with E-state index in [-0.39, 0.29) is 30.9 Å². The lowest BCUT2D eigenvalue weighted by atomic mass is 9.91. The summed E-state index contributed by atoms with van der Waals surface area (Å²) in [5.41, 5.74) is 1.49. The van der Waals surface area contributed by atoms with Crippen LogP contribution in [0.1, 0.15) is 67.6 Å². The zero-order valence-corrected chi connectivity index (χ0v) is 18.2. The normalized spacial score (nSPS) is 22.2. The van der Waals surface area contributed by atoms with Crippen LogP contribution < -0.4 is 15.3 Å². The summed E-state index contributed by atoms with van der Waals surface area (Å²) in [4.78, 5) is 15.8. The molecule has 5 rings (SSSR count). The van der Waals surface area contributed by atoms with Crippen LogP contribution in [0.25, 0.3) is 5.57 Å². The third-order valence-corrected chi connectivity index (χ3v) is 7.24. The molecule has 2 aromatic carbocycles. The number of benzene rings is 2. The Balaban J connectivity index is 1.35. The topological polar surface area (TPSA) is 58.9 Å². The van der Waals surface area contributed by atoms with Gasteiger partial charge < -0.3 is 9.84 Å². The predicted octanol–water partition coefficient (Wildman–Crippen LogP) is 4.98. The van der Waals surface area contributed by atoms with E-state index in [0.717, 1.165) is 54.7 Å². The standard InChI is InChI=1S/C26H26F3NO3/c27-26(28,29)22-11-15(5-8-19(22)16-3-1-2-4-16)14-33-18-7-10-23-21(13-18)20-9-6-17(12-24(31)32)25(20)30-23/h5,7-8,10-11,13,16-17,25H,1-4,6,9,12,14H2,(H,31,32)/t17-,25?/m1/s1. The van der Waals surface area contributed by atoms with Crippen molar-refractivity contribution < 1.29 is 27.8 Å². The van der Waals surface area contributed by atoms with Gasteiger partial charge in [0.15, 0.2) is 0 Å². The highest BCUT2D eigenvalue weighted by Gasteiger charge is 2.37. The molecular formula is C26H26F3NO3. The first-order valence-corrected chi connectivity index (χ1v) is 11.5. The molecule has 4 nitrogen and oxygen atoms in total. The van der Waals surface area contributed by atoms with Gasteiger partial charge in [-0.1, -0.05) is 25.0 Å². The summed E-state index contributed by atoms with van der Waals surface area (Å²) in [5.74, 6) is -0.243. The maximum Gasteiger partial charge on any atom is 0.416 e. The monoisotopic (exact) mass is 457 g/mol. The maximum absolute atomic E-state index is 13.7. The van der Waals surface area contributed by atoms with Crippen molar-refractivity contribution in [2.45, 2.75) is 69.7 Å². The van der Waals surface area contributed by atoms with Crippen molar-refractivity contribution in [3.05, 3.63) is 63.7 Å². The van der Waals surface area contributed by atoms with Crippen molar-refractivity contribution in [2.75, 3.05) is 0 Å². The molecule has 2 aliphatic carbocycles. The van der Waals surface area contributed by atoms with Gasteiger partial charge in [-0.15, -0.1) is 0 Å². The summed E-state index contributed by atoms with van der Waals surface area (Å²) in [6.45, 7) is 0.0460. The molecule has 0 saturated heterocycles. The minimum absolute atomic E-state index is 0.00781. The van der Waals surface area contributed by atoms with Crippen molar-refractivity contribution in [2.24, 2.45) is 10.9 Å². The molecule has 0 spiro atoms. The van der Waals surface area contributed by atoms with Gasteiger partial charge in [-0.05, 0) is 78.5 Å². The van der Waals surface area contributed by atoms with Gasteiger partial charge in [-0.3, -0.25) is 9.79 Å². The largest absolute Gasteiger partial charge is 0.489 e. The summed E-state index contributed by atoms with van der Waals surface area (Å²) in [7, 11) is 0. The highest BCUT2D eigenvalue weighted by atomic mass is 19.4. The summed E-state index contributed by atoms with van der Waals surface area (Å²) < 4.78 is 47.1. The van der Waals surface area contributed by atoms with Crippen LogP contribution in [-0.2, 0) is 17.6 Å². The molecule has 2 atom stereocenters. The van der Waals surface area contributed by atoms with E-state index in [4.69, 9.17) is 14.8 Å². The third kappa shape index (κ3) is 4.37. The highest BCUT2D eigenvalue weighted by Crippen LogP contribution is 2.42. The zero-order chi connectivity index (χ0) is 23.2. The Morgan fingerprint density at radius 1 is 1.09 bits per heavy atom. The minimum Gasteiger partial charge on any atom is -0.489 e. The van der Waals surface area contributed by atoms with Gasteiger partial charge in [-0.2, -0.15) is 13.2 Å². The zero-order valence-electron chi connectivity index (χ0n) is 18.2. The van der Waals surface area contributed by atoms with Gasteiger partial charge in [0.2, 0.25) is 0 Å². The molecule has 2 saturated carbocycles. The van der Waals surface area contributed by atoms with E-state index in [1.807, 2.05) is 12.1 Å². The second-order valence-corrected chi connectivity index (χ2v) is 9.36. The molecule has 33 heavy (non-hydrogen) atoms. The van der Waals surface area contributed by atoms with Crippen LogP contribution in [0.3, 0.4) is 0 Å². The van der Waals surface area contributed by atoms with Crippen molar-refractivity contribution in [3.8, 4) is 5.75 Å². The Bertz CT molecular complexity index is 1200. The molecule has 2 fully saturated rings. The Labute approximate surface area is 189 Å². The second-order valence-electron chi connectivity index (χ2n) is 9.36. The number of hydrogen-bond donors (Lipinski definition) is 1. The molecule has 0 bridgehead atoms. The lowest BCUT2D eigenvalue weighted by molar-refractivity contribution is -0.139. The summed E-state index contributed by atoms with van der Waals surface area (Å²) in [5, 5.41) is 10.9. The fourth-order valence-corrected chi connectivity index (χ4v) is 5.67. The molecule has 2 aromatic rings. The van der Waals surface area contributed by atoms with Gasteiger partial charge in [0.25, 0.3) is 0 Å². The van der Waals surface area contributed by atoms with E-state index in [2.05, 4.69) is 0 Å². The minimum atomic E-state index is -4.39. The predicted molar refractivity (Wildman–Crippen MR) is 116 cm³/mol. The molecule has 3 aliphatic rings. The van der Waals surface area contributed by atoms with Gasteiger partial charge >= 0.3 is 12.1 Å². The first-order valence-electron chi connectivity index (χ1n) is 11.5. The molecular weight excluding hydrogens is 431 g/mol. The molecule has 174 valence electrons. The number of carboxylic acid groups (broad SMARTS) is 1. The Kier molecular flexibility index (Phi) is 5.67. The van der Waals surface area contributed by atoms with Crippen molar-refractivity contribution in [1.29, 1.82) is 0 Å². The molecule has 1 unspecified atom stereocenters. The molecule has 0 amide bonds. The van der Waals surface area contributed by atoms with E-state index in [0.29, 0.717) is 16.9 Å². The fraction of sp³-hybridized carbons (Fsp3) is 0.462. The lowest BCUT2D eigenvalue weighted by Crippen LogP contribution is -2.22. The van der Waals surface area contributed by atoms with Crippen LogP contribution in [0.15, 0.2) is 41.4 Å². The van der Waals surface area contributed by atoms with Crippen LogP contribution in [0.5, 0.6) is 5.75 Å². The molecule has 0 radical (unpaired) electrons. The number of halogens is 3. The number of carbonyl (C=O) groups is 1. The average molecular weight is 457 g/mol. The van der Waals surface area contributed by atoms with E-state index >= 15 is 0 Å². The molecule has 1 heterocycles. The van der Waals surface area contributed by atoms with Crippen LogP contribution >= 0.6 is 0 Å². The van der Waals surface area contributed by atoms with Gasteiger partial charge in [0, 0.05) is 5.22 Å². The van der Waals surface area contributed by atoms with Crippen LogP contribution in [0.4, 0.5) is 13.2 Å². The maximum atomic E-state index is 13.7. The summed E-state index contributed by atoms with van der Waals surface area (Å²) in [6, 6.07) is 10.0. The van der Waals surface area contributed by atoms with Crippen LogP contribution in [0.2, 0.25) is 0 Å². The van der Waals surface area contributed by atoms with Gasteiger partial charge in [0.05, 0.1) is 23.4 Å². The molecule has 7 heteroatoms. The van der Waals surface area contributed by atoms with Crippen LogP contribution in [0, 0.1) is 5.92 Å². The fourth-order valence-electron chi connectivity index (χ4n) is 5.67. The van der Waals surface area contributed by atoms with E-state index in [1.165, 1.54) is 6.07 Å². The van der Waals surface area contributed by atoms with E-state index in [1.54, 1.807) is 18.2 Å². The summed E-state index contributed by atoms with van der Waals surface area (Å²) >= 11 is 0. The Hall–Kier alpha value is -2.83. The van der Waals surface area contributed by atoms with E-state index < -0.39 is 17.7 Å². The average Bonchev–Trinajstić information content (AvgIpc) is 3.49. The molecule has 1 N–H and O–H groups in total. The number of nitrogens with zero attached hydrogens (tertiary/aromatic N) is 1. The number of ether oxygens (including phenoxy) is 1. The first kappa shape index (κ1) is 22.0. The SMILES string of the molecule is O=C(O)C[C@H]1CCC2=c3cc(OCc4ccc(C5CCCC5)c(C(F)(F)F)c4)ccc3=NC21. The smallest absolute Gasteiger partial charge is 0.416 e. The van der Waals surface area contributed by atoms with Crippen molar-refractivity contribution in [1.82, 2.24) is 0 Å². The van der Waals surface area contributed by atoms with Gasteiger partial charge in [0.1, 0.15) is 12.4 Å². The second kappa shape index (κ2) is 8.50. The number of alkyl halides is 3. The number of aliphatic carboxylic acids is 1. The number of rotatable bonds is 6. The quantitative estimate of drug-likeness (QED) is 0.666. The van der Waals surface area contributed by atoms with Gasteiger partial charge in [-0.25, -0.2) is 0 Å². The van der Waals surface area contributed by atoms with Crippen molar-refractivity contribution in [3.63, 3.8) is 0 Å². The number of carboxylic acids is 1. The highest BCUT2D eigenvalue weighted by molar-refractivity contribution is 5.69.